The van der Waals surface area contributed by atoms with Crippen LogP contribution < -0.4 is 5.32 Å². The van der Waals surface area contributed by atoms with Crippen LogP contribution in [0.3, 0.4) is 0 Å². The molecular weight excluding hydrogens is 538 g/mol. The van der Waals surface area contributed by atoms with Gasteiger partial charge >= 0.3 is 0 Å². The predicted molar refractivity (Wildman–Crippen MR) is 175 cm³/mol. The first kappa shape index (κ1) is 42.1. The Labute approximate surface area is 252 Å². The number of nitrogens with zero attached hydrogens (tertiary/aromatic N) is 1. The van der Waals surface area contributed by atoms with Crippen LogP contribution >= 0.6 is 11.3 Å². The molecule has 228 valence electrons. The highest BCUT2D eigenvalue weighted by Crippen LogP contribution is 2.35. The first-order valence-corrected chi connectivity index (χ1v) is 14.4. The van der Waals surface area contributed by atoms with Crippen molar-refractivity contribution in [2.75, 3.05) is 13.1 Å². The molecule has 0 spiro atoms. The minimum Gasteiger partial charge on any atom is -0.351 e. The molecular formula is C34H50F2N2O2S. The van der Waals surface area contributed by atoms with Crippen molar-refractivity contribution >= 4 is 30.2 Å². The molecule has 2 rings (SSSR count). The van der Waals surface area contributed by atoms with E-state index in [1.807, 2.05) is 34.6 Å². The third-order valence-electron chi connectivity index (χ3n) is 5.25. The van der Waals surface area contributed by atoms with Crippen LogP contribution in [0.2, 0.25) is 0 Å². The van der Waals surface area contributed by atoms with Crippen molar-refractivity contribution in [3.05, 3.63) is 82.1 Å². The average molecular weight is 589 g/mol. The van der Waals surface area contributed by atoms with Gasteiger partial charge in [-0.15, -0.1) is 30.4 Å². The minimum atomic E-state index is -0.754. The number of allylic oxidation sites excluding steroid dienone is 1. The number of amides is 1. The molecule has 0 saturated heterocycles. The molecule has 1 aromatic carbocycles. The maximum atomic E-state index is 13.2. The SMILES string of the molecule is C=C(C)C.C=CC(C#CC)CN=C.CC.CC=O.Cc1csc(C(C)(CNC(=O)c2cc(F)cc(F)c2)C(C)C)c1. The predicted octanol–water partition coefficient (Wildman–Crippen LogP) is 9.00. The van der Waals surface area contributed by atoms with Gasteiger partial charge in [0.15, 0.2) is 0 Å². The van der Waals surface area contributed by atoms with E-state index in [2.05, 4.69) is 74.2 Å². The maximum absolute atomic E-state index is 13.2. The lowest BCUT2D eigenvalue weighted by Gasteiger charge is -2.33. The van der Waals surface area contributed by atoms with E-state index >= 15 is 0 Å². The molecule has 1 aromatic heterocycles. The van der Waals surface area contributed by atoms with Crippen LogP contribution in [-0.2, 0) is 10.2 Å². The summed E-state index contributed by atoms with van der Waals surface area (Å²) in [6, 6.07) is 4.96. The third kappa shape index (κ3) is 19.4. The summed E-state index contributed by atoms with van der Waals surface area (Å²) in [4.78, 5) is 25.9. The van der Waals surface area contributed by atoms with E-state index in [9.17, 15) is 13.6 Å². The molecule has 0 aliphatic heterocycles. The van der Waals surface area contributed by atoms with E-state index in [0.717, 1.165) is 24.5 Å². The maximum Gasteiger partial charge on any atom is 0.251 e. The van der Waals surface area contributed by atoms with Crippen molar-refractivity contribution < 1.29 is 18.4 Å². The molecule has 2 aromatic rings. The van der Waals surface area contributed by atoms with Gasteiger partial charge in [-0.25, -0.2) is 8.78 Å². The van der Waals surface area contributed by atoms with Gasteiger partial charge in [-0.1, -0.05) is 52.2 Å². The second-order valence-electron chi connectivity index (χ2n) is 9.49. The van der Waals surface area contributed by atoms with Crippen LogP contribution in [0.5, 0.6) is 0 Å². The summed E-state index contributed by atoms with van der Waals surface area (Å²) in [5.41, 5.74) is 2.12. The van der Waals surface area contributed by atoms with E-state index in [1.165, 1.54) is 22.9 Å². The molecule has 0 bridgehead atoms. The lowest BCUT2D eigenvalue weighted by Crippen LogP contribution is -2.41. The van der Waals surface area contributed by atoms with Crippen molar-refractivity contribution in [2.45, 2.75) is 74.7 Å². The molecule has 41 heavy (non-hydrogen) atoms. The zero-order chi connectivity index (χ0) is 32.6. The quantitative estimate of drug-likeness (QED) is 0.145. The van der Waals surface area contributed by atoms with Crippen LogP contribution in [0.4, 0.5) is 8.78 Å². The van der Waals surface area contributed by atoms with Crippen LogP contribution in [0.15, 0.2) is 59.4 Å². The van der Waals surface area contributed by atoms with Crippen molar-refractivity contribution in [2.24, 2.45) is 16.8 Å². The Morgan fingerprint density at radius 1 is 1.17 bits per heavy atom. The fourth-order valence-corrected chi connectivity index (χ4v) is 4.07. The molecule has 2 atom stereocenters. The number of hydrogen-bond acceptors (Lipinski definition) is 4. The van der Waals surface area contributed by atoms with Crippen molar-refractivity contribution in [3.8, 4) is 11.8 Å². The standard InChI is InChI=1S/C18H21F2NOS.C8H11N.C4H8.C2H4O.C2H6/c1-11(2)18(4,16-5-12(3)9-23-16)10-21-17(22)13-6-14(19)8-15(20)7-13;1-4-6-8(5-2)7-9-3;1-4(2)3;1-2-3;1-2/h5-9,11H,10H2,1-4H3,(H,21,22);5,8H,2-3,7H2,1H3;1H2,2-3H3;2H,1H3;1-2H3. The third-order valence-corrected chi connectivity index (χ3v) is 6.58. The Hall–Kier alpha value is -3.37. The molecule has 1 heterocycles. The average Bonchev–Trinajstić information content (AvgIpc) is 3.34. The molecule has 4 nitrogen and oxygen atoms in total. The minimum absolute atomic E-state index is 0.00373. The normalized spacial score (nSPS) is 11.2. The van der Waals surface area contributed by atoms with Gasteiger partial charge in [0.25, 0.3) is 5.91 Å². The van der Waals surface area contributed by atoms with Crippen molar-refractivity contribution in [3.63, 3.8) is 0 Å². The number of aldehydes is 1. The monoisotopic (exact) mass is 588 g/mol. The fourth-order valence-electron chi connectivity index (χ4n) is 2.86. The first-order valence-electron chi connectivity index (χ1n) is 13.5. The summed E-state index contributed by atoms with van der Waals surface area (Å²) in [5, 5.41) is 4.90. The zero-order valence-corrected chi connectivity index (χ0v) is 27.5. The number of carbonyl (C=O) groups excluding carboxylic acids is 2. The first-order chi connectivity index (χ1) is 19.2. The van der Waals surface area contributed by atoms with Crippen LogP contribution in [0.1, 0.15) is 83.1 Å². The van der Waals surface area contributed by atoms with Gasteiger partial charge in [0.2, 0.25) is 0 Å². The lowest BCUT2D eigenvalue weighted by atomic mass is 9.77. The number of hydrogen-bond donors (Lipinski definition) is 1. The summed E-state index contributed by atoms with van der Waals surface area (Å²) in [6.07, 6.45) is 2.53. The Morgan fingerprint density at radius 3 is 2.00 bits per heavy atom. The lowest BCUT2D eigenvalue weighted by molar-refractivity contribution is -0.106. The molecule has 0 fully saturated rings. The zero-order valence-electron chi connectivity index (χ0n) is 26.7. The Balaban J connectivity index is -0.000000662. The number of thiophene rings is 1. The number of aliphatic imine (C=N–C) groups is 1. The van der Waals surface area contributed by atoms with Crippen molar-refractivity contribution in [1.29, 1.82) is 0 Å². The second kappa shape index (κ2) is 24.4. The molecule has 0 aliphatic carbocycles. The number of benzene rings is 1. The molecule has 7 heteroatoms. The van der Waals surface area contributed by atoms with Gasteiger partial charge < -0.3 is 10.1 Å². The van der Waals surface area contributed by atoms with Gasteiger partial charge in [0.1, 0.15) is 17.9 Å². The Morgan fingerprint density at radius 2 is 1.66 bits per heavy atom. The summed E-state index contributed by atoms with van der Waals surface area (Å²) in [5.74, 6) is 4.23. The van der Waals surface area contributed by atoms with Gasteiger partial charge in [0, 0.05) is 28.5 Å². The number of rotatable bonds is 8. The summed E-state index contributed by atoms with van der Waals surface area (Å²) in [6.45, 7) is 31.1. The molecule has 1 N–H and O–H groups in total. The second-order valence-corrected chi connectivity index (χ2v) is 10.4. The summed E-state index contributed by atoms with van der Waals surface area (Å²) < 4.78 is 26.5. The highest BCUT2D eigenvalue weighted by molar-refractivity contribution is 7.10. The van der Waals surface area contributed by atoms with E-state index in [1.54, 1.807) is 24.3 Å². The van der Waals surface area contributed by atoms with E-state index < -0.39 is 17.5 Å². The van der Waals surface area contributed by atoms with E-state index in [0.29, 0.717) is 19.0 Å². The van der Waals surface area contributed by atoms with Gasteiger partial charge in [-0.2, -0.15) is 0 Å². The smallest absolute Gasteiger partial charge is 0.251 e. The molecule has 2 unspecified atom stereocenters. The van der Waals surface area contributed by atoms with Crippen LogP contribution in [0.25, 0.3) is 0 Å². The Kier molecular flexibility index (Phi) is 25.1. The highest BCUT2D eigenvalue weighted by atomic mass is 32.1. The van der Waals surface area contributed by atoms with Crippen molar-refractivity contribution in [1.82, 2.24) is 5.32 Å². The number of halogens is 2. The summed E-state index contributed by atoms with van der Waals surface area (Å²) >= 11 is 1.67. The molecule has 0 aliphatic rings. The van der Waals surface area contributed by atoms with Gasteiger partial charge in [-0.3, -0.25) is 9.79 Å². The highest BCUT2D eigenvalue weighted by Gasteiger charge is 2.32. The number of aryl methyl sites for hydroxylation is 1. The fraction of sp³-hybridized carbons (Fsp3) is 0.441. The Bertz CT molecular complexity index is 1100. The van der Waals surface area contributed by atoms with Crippen LogP contribution in [-0.4, -0.2) is 32.0 Å². The van der Waals surface area contributed by atoms with Gasteiger partial charge in [0.05, 0.1) is 12.5 Å². The largest absolute Gasteiger partial charge is 0.351 e. The topological polar surface area (TPSA) is 58.5 Å². The van der Waals surface area contributed by atoms with Gasteiger partial charge in [-0.05, 0) is 76.4 Å². The molecule has 0 saturated carbocycles. The van der Waals surface area contributed by atoms with E-state index in [-0.39, 0.29) is 16.9 Å². The van der Waals surface area contributed by atoms with E-state index in [4.69, 9.17) is 4.79 Å². The molecule has 0 radical (unpaired) electrons. The number of nitrogens with one attached hydrogen (secondary N) is 1. The molecule has 1 amide bonds. The number of carbonyl (C=O) groups is 2. The summed E-state index contributed by atoms with van der Waals surface area (Å²) in [7, 11) is 0. The van der Waals surface area contributed by atoms with Crippen LogP contribution in [0, 0.1) is 42.2 Å².